The zero-order valence-corrected chi connectivity index (χ0v) is 16.5. The van der Waals surface area contributed by atoms with E-state index in [1.165, 1.54) is 0 Å². The molecule has 0 aliphatic heterocycles. The molecule has 142 valence electrons. The van der Waals surface area contributed by atoms with E-state index in [0.717, 1.165) is 22.0 Å². The average molecular weight is 394 g/mol. The largest absolute Gasteiger partial charge is 0.350 e. The summed E-state index contributed by atoms with van der Waals surface area (Å²) in [4.78, 5) is 25.5. The number of carbonyl (C=O) groups excluding carboxylic acids is 1. The van der Waals surface area contributed by atoms with Gasteiger partial charge in [-0.1, -0.05) is 41.9 Å². The lowest BCUT2D eigenvalue weighted by molar-refractivity contribution is 0.0946. The minimum Gasteiger partial charge on any atom is -0.350 e. The van der Waals surface area contributed by atoms with E-state index in [2.05, 4.69) is 5.32 Å². The lowest BCUT2D eigenvalue weighted by atomic mass is 10.1. The maximum absolute atomic E-state index is 12.8. The molecule has 6 heteroatoms. The summed E-state index contributed by atoms with van der Waals surface area (Å²) in [7, 11) is 3.57. The van der Waals surface area contributed by atoms with Gasteiger partial charge in [0.1, 0.15) is 5.69 Å². The predicted octanol–water partition coefficient (Wildman–Crippen LogP) is 3.66. The van der Waals surface area contributed by atoms with Crippen LogP contribution in [0.3, 0.4) is 0 Å². The molecule has 2 aromatic heterocycles. The van der Waals surface area contributed by atoms with E-state index < -0.39 is 0 Å². The number of nitrogens with one attached hydrogen (secondary N) is 1. The van der Waals surface area contributed by atoms with Gasteiger partial charge in [0.2, 0.25) is 0 Å². The third-order valence-electron chi connectivity index (χ3n) is 5.13. The molecule has 1 amide bonds. The number of pyridine rings is 1. The van der Waals surface area contributed by atoms with Crippen molar-refractivity contribution in [2.24, 2.45) is 14.1 Å². The molecule has 0 saturated heterocycles. The highest BCUT2D eigenvalue weighted by Crippen LogP contribution is 2.24. The molecule has 0 spiro atoms. The quantitative estimate of drug-likeness (QED) is 0.575. The maximum Gasteiger partial charge on any atom is 0.267 e. The monoisotopic (exact) mass is 393 g/mol. The molecule has 0 atom stereocenters. The molecule has 0 fully saturated rings. The Balaban J connectivity index is 1.65. The first-order valence-corrected chi connectivity index (χ1v) is 9.45. The normalized spacial score (nSPS) is 11.2. The van der Waals surface area contributed by atoms with Gasteiger partial charge in [-0.05, 0) is 36.2 Å². The number of amides is 1. The van der Waals surface area contributed by atoms with Crippen LogP contribution in [0.2, 0.25) is 5.02 Å². The third kappa shape index (κ3) is 3.08. The molecule has 0 saturated carbocycles. The van der Waals surface area contributed by atoms with Crippen molar-refractivity contribution in [2.75, 3.05) is 6.54 Å². The number of hydrogen-bond acceptors (Lipinski definition) is 2. The molecule has 0 bridgehead atoms. The molecule has 5 nitrogen and oxygen atoms in total. The predicted molar refractivity (Wildman–Crippen MR) is 113 cm³/mol. The fourth-order valence-corrected chi connectivity index (χ4v) is 3.75. The number of nitrogens with zero attached hydrogens (tertiary/aromatic N) is 2. The molecule has 2 heterocycles. The number of halogens is 1. The Morgan fingerprint density at radius 3 is 2.46 bits per heavy atom. The first kappa shape index (κ1) is 18.3. The lowest BCUT2D eigenvalue weighted by Crippen LogP contribution is -2.27. The van der Waals surface area contributed by atoms with Gasteiger partial charge in [0.25, 0.3) is 11.5 Å². The molecular weight excluding hydrogens is 374 g/mol. The van der Waals surface area contributed by atoms with E-state index in [1.54, 1.807) is 22.2 Å². The molecule has 28 heavy (non-hydrogen) atoms. The van der Waals surface area contributed by atoms with Crippen LogP contribution < -0.4 is 10.9 Å². The first-order chi connectivity index (χ1) is 13.5. The molecule has 4 aromatic rings. The van der Waals surface area contributed by atoms with Gasteiger partial charge in [-0.15, -0.1) is 0 Å². The van der Waals surface area contributed by atoms with Gasteiger partial charge in [-0.25, -0.2) is 0 Å². The summed E-state index contributed by atoms with van der Waals surface area (Å²) in [6.07, 6.45) is 0.706. The van der Waals surface area contributed by atoms with E-state index in [-0.39, 0.29) is 11.5 Å². The van der Waals surface area contributed by atoms with E-state index >= 15 is 0 Å². The van der Waals surface area contributed by atoms with Gasteiger partial charge >= 0.3 is 0 Å². The van der Waals surface area contributed by atoms with Crippen LogP contribution in [0.5, 0.6) is 0 Å². The number of aromatic nitrogens is 2. The van der Waals surface area contributed by atoms with Crippen molar-refractivity contribution in [1.82, 2.24) is 14.5 Å². The van der Waals surface area contributed by atoms with Crippen molar-refractivity contribution >= 4 is 39.3 Å². The number of para-hydroxylation sites is 1. The van der Waals surface area contributed by atoms with Gasteiger partial charge < -0.3 is 14.5 Å². The molecular formula is C22H20ClN3O2. The molecule has 4 rings (SSSR count). The minimum absolute atomic E-state index is 0.107. The molecule has 0 unspecified atom stereocenters. The van der Waals surface area contributed by atoms with Crippen molar-refractivity contribution in [2.45, 2.75) is 6.42 Å². The van der Waals surface area contributed by atoms with Gasteiger partial charge in [0, 0.05) is 31.0 Å². The highest BCUT2D eigenvalue weighted by Gasteiger charge is 2.18. The Kier molecular flexibility index (Phi) is 4.69. The second-order valence-corrected chi connectivity index (χ2v) is 7.30. The average Bonchev–Trinajstić information content (AvgIpc) is 3.05. The highest BCUT2D eigenvalue weighted by atomic mass is 35.5. The third-order valence-corrected chi connectivity index (χ3v) is 5.39. The zero-order valence-electron chi connectivity index (χ0n) is 15.7. The Labute approximate surface area is 167 Å². The van der Waals surface area contributed by atoms with Gasteiger partial charge in [-0.3, -0.25) is 9.59 Å². The second kappa shape index (κ2) is 7.17. The summed E-state index contributed by atoms with van der Waals surface area (Å²) >= 11 is 5.90. The standard InChI is InChI=1S/C22H20ClN3O2/c1-25-19(21(27)24-12-11-14-7-9-15(23)10-8-14)13-17-20(25)16-5-3-4-6-18(16)26(2)22(17)28/h3-10,13H,11-12H2,1-2H3,(H,24,27). The number of carbonyl (C=O) groups is 1. The Hall–Kier alpha value is -3.05. The van der Waals surface area contributed by atoms with Crippen molar-refractivity contribution in [1.29, 1.82) is 0 Å². The molecule has 1 N–H and O–H groups in total. The van der Waals surface area contributed by atoms with E-state index in [9.17, 15) is 9.59 Å². The van der Waals surface area contributed by atoms with Crippen LogP contribution in [0.25, 0.3) is 21.8 Å². The van der Waals surface area contributed by atoms with Crippen molar-refractivity contribution in [3.8, 4) is 0 Å². The first-order valence-electron chi connectivity index (χ1n) is 9.07. The fourth-order valence-electron chi connectivity index (χ4n) is 3.63. The fraction of sp³-hybridized carbons (Fsp3) is 0.182. The number of rotatable bonds is 4. The summed E-state index contributed by atoms with van der Waals surface area (Å²) in [6, 6.07) is 17.0. The highest BCUT2D eigenvalue weighted by molar-refractivity contribution is 6.30. The Bertz CT molecular complexity index is 1250. The summed E-state index contributed by atoms with van der Waals surface area (Å²) in [5, 5.41) is 5.13. The van der Waals surface area contributed by atoms with Crippen LogP contribution in [0, 0.1) is 0 Å². The smallest absolute Gasteiger partial charge is 0.267 e. The molecule has 2 aromatic carbocycles. The summed E-state index contributed by atoms with van der Waals surface area (Å²) < 4.78 is 3.43. The lowest BCUT2D eigenvalue weighted by Gasteiger charge is -2.09. The van der Waals surface area contributed by atoms with Gasteiger partial charge in [0.15, 0.2) is 0 Å². The number of aryl methyl sites for hydroxylation is 2. The summed E-state index contributed by atoms with van der Waals surface area (Å²) in [6.45, 7) is 0.501. The Morgan fingerprint density at radius 1 is 1.00 bits per heavy atom. The maximum atomic E-state index is 12.8. The number of benzene rings is 2. The number of fused-ring (bicyclic) bond motifs is 3. The van der Waals surface area contributed by atoms with Crippen LogP contribution in [0.4, 0.5) is 0 Å². The van der Waals surface area contributed by atoms with Gasteiger partial charge in [-0.2, -0.15) is 0 Å². The van der Waals surface area contributed by atoms with Gasteiger partial charge in [0.05, 0.1) is 16.4 Å². The Morgan fingerprint density at radius 2 is 1.71 bits per heavy atom. The van der Waals surface area contributed by atoms with E-state index in [1.807, 2.05) is 55.6 Å². The zero-order chi connectivity index (χ0) is 19.8. The van der Waals surface area contributed by atoms with E-state index in [4.69, 9.17) is 11.6 Å². The SMILES string of the molecule is Cn1c(C(=O)NCCc2ccc(Cl)cc2)cc2c(=O)n(C)c3ccccc3c21. The number of hydrogen-bond donors (Lipinski definition) is 1. The second-order valence-electron chi connectivity index (χ2n) is 6.86. The van der Waals surface area contributed by atoms with Crippen LogP contribution in [0.1, 0.15) is 16.1 Å². The summed E-state index contributed by atoms with van der Waals surface area (Å²) in [5.41, 5.74) is 3.09. The minimum atomic E-state index is -0.196. The van der Waals surface area contributed by atoms with Crippen molar-refractivity contribution in [3.63, 3.8) is 0 Å². The van der Waals surface area contributed by atoms with Crippen LogP contribution >= 0.6 is 11.6 Å². The van der Waals surface area contributed by atoms with Crippen LogP contribution in [-0.2, 0) is 20.5 Å². The van der Waals surface area contributed by atoms with Crippen molar-refractivity contribution < 1.29 is 4.79 Å². The van der Waals surface area contributed by atoms with E-state index in [0.29, 0.717) is 29.1 Å². The molecule has 0 aliphatic carbocycles. The van der Waals surface area contributed by atoms with Crippen LogP contribution in [-0.4, -0.2) is 21.6 Å². The van der Waals surface area contributed by atoms with Crippen molar-refractivity contribution in [3.05, 3.63) is 81.2 Å². The summed E-state index contributed by atoms with van der Waals surface area (Å²) in [5.74, 6) is -0.196. The molecule has 0 aliphatic rings. The topological polar surface area (TPSA) is 56.0 Å². The molecule has 0 radical (unpaired) electrons. The van der Waals surface area contributed by atoms with Crippen LogP contribution in [0.15, 0.2) is 59.4 Å².